The van der Waals surface area contributed by atoms with Crippen molar-refractivity contribution < 1.29 is 27.1 Å². The number of benzene rings is 3. The predicted octanol–water partition coefficient (Wildman–Crippen LogP) is 6.91. The third-order valence-corrected chi connectivity index (χ3v) is 12.0. The van der Waals surface area contributed by atoms with Gasteiger partial charge >= 0.3 is 0 Å². The summed E-state index contributed by atoms with van der Waals surface area (Å²) in [6.07, 6.45) is 8.51. The maximum Gasteiger partial charge on any atom is 0.211 e. The van der Waals surface area contributed by atoms with E-state index in [1.165, 1.54) is 23.2 Å². The SMILES string of the molecule is Cc1cc(-n2ncc(C(=O)C3=Cc4cc(OC5CCN(C(C)C)CC5)c(C5CCN(S(C)(=O)=O)CC5)cc4C3)c2N)ccc1Oc1ccccc1F. The third-order valence-electron chi connectivity index (χ3n) is 10.6. The average Bonchev–Trinajstić information content (AvgIpc) is 3.72. The zero-order valence-electron chi connectivity index (χ0n) is 30.1. The number of carbonyl (C=O) groups excluding carboxylic acids is 1. The summed E-state index contributed by atoms with van der Waals surface area (Å²) in [5.74, 6) is 1.18. The van der Waals surface area contributed by atoms with Gasteiger partial charge in [0.1, 0.15) is 23.4 Å². The van der Waals surface area contributed by atoms with E-state index < -0.39 is 15.8 Å². The molecule has 2 saturated heterocycles. The number of rotatable bonds is 10. The van der Waals surface area contributed by atoms with Crippen molar-refractivity contribution in [2.45, 2.75) is 70.9 Å². The van der Waals surface area contributed by atoms with Crippen LogP contribution in [0.25, 0.3) is 11.8 Å². The van der Waals surface area contributed by atoms with Crippen LogP contribution in [0.15, 0.2) is 66.4 Å². The summed E-state index contributed by atoms with van der Waals surface area (Å²) in [5, 5.41) is 4.46. The maximum absolute atomic E-state index is 14.2. The molecule has 1 aromatic heterocycles. The minimum atomic E-state index is -3.25. The van der Waals surface area contributed by atoms with Crippen molar-refractivity contribution in [1.82, 2.24) is 19.0 Å². The zero-order chi connectivity index (χ0) is 36.7. The lowest BCUT2D eigenvalue weighted by Crippen LogP contribution is -2.42. The quantitative estimate of drug-likeness (QED) is 0.175. The molecule has 0 amide bonds. The largest absolute Gasteiger partial charge is 0.490 e. The average molecular weight is 728 g/mol. The van der Waals surface area contributed by atoms with Gasteiger partial charge in [0.25, 0.3) is 0 Å². The molecule has 274 valence electrons. The fourth-order valence-electron chi connectivity index (χ4n) is 7.58. The Bertz CT molecular complexity index is 2130. The van der Waals surface area contributed by atoms with Crippen LogP contribution in [0.2, 0.25) is 0 Å². The highest BCUT2D eigenvalue weighted by molar-refractivity contribution is 7.88. The van der Waals surface area contributed by atoms with Crippen molar-refractivity contribution in [2.24, 2.45) is 0 Å². The molecule has 1 aliphatic carbocycles. The number of allylic oxidation sites excluding steroid dienone is 1. The Hall–Kier alpha value is -4.52. The van der Waals surface area contributed by atoms with E-state index in [0.29, 0.717) is 61.0 Å². The van der Waals surface area contributed by atoms with E-state index in [4.69, 9.17) is 15.2 Å². The van der Waals surface area contributed by atoms with E-state index >= 15 is 0 Å². The van der Waals surface area contributed by atoms with E-state index in [9.17, 15) is 17.6 Å². The number of hydrogen-bond acceptors (Lipinski definition) is 8. The number of para-hydroxylation sites is 1. The van der Waals surface area contributed by atoms with Crippen LogP contribution >= 0.6 is 0 Å². The summed E-state index contributed by atoms with van der Waals surface area (Å²) in [7, 11) is -3.25. The number of aryl methyl sites for hydroxylation is 1. The lowest BCUT2D eigenvalue weighted by Gasteiger charge is -2.36. The van der Waals surface area contributed by atoms with Gasteiger partial charge in [-0.1, -0.05) is 18.2 Å². The lowest BCUT2D eigenvalue weighted by molar-refractivity contribution is 0.0831. The summed E-state index contributed by atoms with van der Waals surface area (Å²) in [6, 6.07) is 16.3. The molecule has 7 rings (SSSR count). The number of sulfonamides is 1. The van der Waals surface area contributed by atoms with Crippen LogP contribution < -0.4 is 15.2 Å². The Morgan fingerprint density at radius 3 is 2.37 bits per heavy atom. The number of nitrogen functional groups attached to an aromatic ring is 1. The normalized spacial score (nSPS) is 17.7. The van der Waals surface area contributed by atoms with E-state index in [0.717, 1.165) is 53.9 Å². The van der Waals surface area contributed by atoms with Crippen LogP contribution in [0.1, 0.15) is 78.1 Å². The molecule has 0 spiro atoms. The summed E-state index contributed by atoms with van der Waals surface area (Å²) in [5.41, 5.74) is 12.0. The number of nitrogens with zero attached hydrogens (tertiary/aromatic N) is 4. The fourth-order valence-corrected chi connectivity index (χ4v) is 8.46. The Labute approximate surface area is 305 Å². The van der Waals surface area contributed by atoms with Gasteiger partial charge in [-0.15, -0.1) is 0 Å². The summed E-state index contributed by atoms with van der Waals surface area (Å²) >= 11 is 0. The minimum Gasteiger partial charge on any atom is -0.490 e. The first-order valence-electron chi connectivity index (χ1n) is 18.0. The lowest BCUT2D eigenvalue weighted by atomic mass is 9.87. The summed E-state index contributed by atoms with van der Waals surface area (Å²) < 4.78 is 54.3. The molecule has 2 fully saturated rings. The number of nitrogens with two attached hydrogens (primary N) is 1. The molecule has 0 saturated carbocycles. The van der Waals surface area contributed by atoms with E-state index in [2.05, 4.69) is 36.0 Å². The number of ether oxygens (including phenoxy) is 2. The van der Waals surface area contributed by atoms with E-state index in [1.54, 1.807) is 34.6 Å². The number of ketones is 1. The fraction of sp³-hybridized carbons (Fsp3) is 0.400. The molecule has 10 nitrogen and oxygen atoms in total. The number of halogens is 1. The Kier molecular flexibility index (Phi) is 9.99. The van der Waals surface area contributed by atoms with Crippen LogP contribution in [0.4, 0.5) is 10.2 Å². The van der Waals surface area contributed by atoms with E-state index in [-0.39, 0.29) is 29.4 Å². The maximum atomic E-state index is 14.2. The molecule has 2 N–H and O–H groups in total. The van der Waals surface area contributed by atoms with Gasteiger partial charge in [0, 0.05) is 44.2 Å². The number of likely N-dealkylation sites (tertiary alicyclic amines) is 1. The van der Waals surface area contributed by atoms with Gasteiger partial charge in [0.05, 0.1) is 23.7 Å². The highest BCUT2D eigenvalue weighted by Gasteiger charge is 2.32. The first kappa shape index (κ1) is 35.9. The van der Waals surface area contributed by atoms with Crippen molar-refractivity contribution in [3.63, 3.8) is 0 Å². The second kappa shape index (κ2) is 14.5. The number of aromatic nitrogens is 2. The van der Waals surface area contributed by atoms with Crippen LogP contribution in [0, 0.1) is 12.7 Å². The first-order valence-corrected chi connectivity index (χ1v) is 19.9. The smallest absolute Gasteiger partial charge is 0.211 e. The predicted molar refractivity (Wildman–Crippen MR) is 200 cm³/mol. The van der Waals surface area contributed by atoms with Crippen molar-refractivity contribution in [2.75, 3.05) is 38.2 Å². The molecule has 4 aromatic rings. The molecule has 0 atom stereocenters. The standard InChI is InChI=1S/C40H46FN5O5S/c1-25(2)44-15-13-32(14-16-44)50-38-23-29-21-30(20-28(29)22-33(38)27-11-17-45(18-12-27)52(4,48)49)39(47)34-24-43-46(40(34)42)31-9-10-36(26(3)19-31)51-37-8-6-5-7-35(37)41/h5-10,19,21-25,27,32H,11-18,20,42H2,1-4H3. The molecule has 0 unspecified atom stereocenters. The second-order valence-corrected chi connectivity index (χ2v) is 16.5. The number of hydrogen-bond donors (Lipinski definition) is 1. The number of anilines is 1. The molecule has 3 aromatic carbocycles. The monoisotopic (exact) mass is 727 g/mol. The van der Waals surface area contributed by atoms with Crippen LogP contribution in [0.5, 0.6) is 17.2 Å². The molecule has 52 heavy (non-hydrogen) atoms. The van der Waals surface area contributed by atoms with Crippen molar-refractivity contribution >= 4 is 27.7 Å². The van der Waals surface area contributed by atoms with Gasteiger partial charge in [-0.2, -0.15) is 5.10 Å². The Balaban J connectivity index is 1.11. The highest BCUT2D eigenvalue weighted by Crippen LogP contribution is 2.41. The highest BCUT2D eigenvalue weighted by atomic mass is 32.2. The molecule has 0 radical (unpaired) electrons. The van der Waals surface area contributed by atoms with Crippen molar-refractivity contribution in [1.29, 1.82) is 0 Å². The zero-order valence-corrected chi connectivity index (χ0v) is 31.0. The molecule has 0 bridgehead atoms. The topological polar surface area (TPSA) is 120 Å². The number of Topliss-reactive ketones (excluding diaryl/α,β-unsaturated/α-hetero) is 1. The molecular formula is C40H46FN5O5S. The van der Waals surface area contributed by atoms with E-state index in [1.807, 2.05) is 19.1 Å². The molecule has 12 heteroatoms. The van der Waals surface area contributed by atoms with Crippen LogP contribution in [-0.2, 0) is 16.4 Å². The summed E-state index contributed by atoms with van der Waals surface area (Å²) in [6.45, 7) is 9.19. The van der Waals surface area contributed by atoms with Crippen LogP contribution in [0.3, 0.4) is 0 Å². The molecule has 3 aliphatic rings. The number of fused-ring (bicyclic) bond motifs is 1. The molecular weight excluding hydrogens is 682 g/mol. The Morgan fingerprint density at radius 1 is 0.962 bits per heavy atom. The van der Waals surface area contributed by atoms with Gasteiger partial charge in [0.15, 0.2) is 17.3 Å². The van der Waals surface area contributed by atoms with Crippen molar-refractivity contribution in [3.8, 4) is 22.9 Å². The first-order chi connectivity index (χ1) is 24.9. The van der Waals surface area contributed by atoms with Crippen molar-refractivity contribution in [3.05, 3.63) is 100 Å². The van der Waals surface area contributed by atoms with Gasteiger partial charge in [0.2, 0.25) is 10.0 Å². The second-order valence-electron chi connectivity index (χ2n) is 14.5. The van der Waals surface area contributed by atoms with Gasteiger partial charge in [-0.25, -0.2) is 21.8 Å². The number of carbonyl (C=O) groups is 1. The van der Waals surface area contributed by atoms with Gasteiger partial charge < -0.3 is 20.1 Å². The summed E-state index contributed by atoms with van der Waals surface area (Å²) in [4.78, 5) is 16.5. The van der Waals surface area contributed by atoms with Gasteiger partial charge in [-0.3, -0.25) is 4.79 Å². The number of piperidine rings is 2. The molecule has 2 aliphatic heterocycles. The third kappa shape index (κ3) is 7.37. The van der Waals surface area contributed by atoms with Gasteiger partial charge in [-0.05, 0) is 117 Å². The molecule has 3 heterocycles. The Morgan fingerprint density at radius 2 is 1.69 bits per heavy atom. The van der Waals surface area contributed by atoms with Crippen LogP contribution in [-0.4, -0.2) is 77.8 Å². The minimum absolute atomic E-state index is 0.0869.